The number of hydrogen-bond donors (Lipinski definition) is 1. The van der Waals surface area contributed by atoms with E-state index in [9.17, 15) is 9.18 Å². The molecule has 0 aliphatic rings. The second-order valence-electron chi connectivity index (χ2n) is 5.95. The number of fused-ring (bicyclic) bond motifs is 1. The molecule has 0 aliphatic heterocycles. The normalized spacial score (nSPS) is 10.7. The lowest BCUT2D eigenvalue weighted by Gasteiger charge is -2.13. The fourth-order valence-electron chi connectivity index (χ4n) is 2.85. The van der Waals surface area contributed by atoms with Crippen molar-refractivity contribution in [2.24, 2.45) is 0 Å². The number of nitrogens with one attached hydrogen (secondary N) is 1. The van der Waals surface area contributed by atoms with Crippen molar-refractivity contribution in [2.75, 3.05) is 18.5 Å². The van der Waals surface area contributed by atoms with Crippen molar-refractivity contribution in [3.8, 4) is 11.5 Å². The van der Waals surface area contributed by atoms with Gasteiger partial charge in [0.1, 0.15) is 5.82 Å². The van der Waals surface area contributed by atoms with Gasteiger partial charge in [0.15, 0.2) is 11.5 Å². The predicted octanol–water partition coefficient (Wildman–Crippen LogP) is 4.73. The van der Waals surface area contributed by atoms with E-state index < -0.39 is 0 Å². The number of carbonyl (C=O) groups is 1. The van der Waals surface area contributed by atoms with Crippen molar-refractivity contribution in [1.29, 1.82) is 0 Å². The van der Waals surface area contributed by atoms with E-state index >= 15 is 0 Å². The fourth-order valence-corrected chi connectivity index (χ4v) is 2.85. The Morgan fingerprint density at radius 2 is 1.78 bits per heavy atom. The first kappa shape index (κ1) is 18.6. The topological polar surface area (TPSA) is 60.5 Å². The second kappa shape index (κ2) is 8.03. The molecule has 1 heterocycles. The zero-order valence-electron chi connectivity index (χ0n) is 15.5. The van der Waals surface area contributed by atoms with Crippen LogP contribution >= 0.6 is 0 Å². The van der Waals surface area contributed by atoms with Crippen LogP contribution < -0.4 is 14.8 Å². The molecule has 3 aromatic rings. The minimum absolute atomic E-state index is 0.302. The molecule has 140 valence electrons. The summed E-state index contributed by atoms with van der Waals surface area (Å²) >= 11 is 0. The first-order valence-electron chi connectivity index (χ1n) is 8.79. The molecule has 2 aromatic carbocycles. The van der Waals surface area contributed by atoms with Gasteiger partial charge in [0, 0.05) is 28.9 Å². The molecule has 0 radical (unpaired) electrons. The van der Waals surface area contributed by atoms with Crippen molar-refractivity contribution >= 4 is 22.5 Å². The van der Waals surface area contributed by atoms with Gasteiger partial charge >= 0.3 is 0 Å². The Hall–Kier alpha value is -3.15. The van der Waals surface area contributed by atoms with Gasteiger partial charge in [-0.05, 0) is 51.1 Å². The van der Waals surface area contributed by atoms with E-state index in [2.05, 4.69) is 10.3 Å². The summed E-state index contributed by atoms with van der Waals surface area (Å²) in [6, 6.07) is 11.1. The number of ether oxygens (including phenoxy) is 2. The molecule has 0 fully saturated rings. The van der Waals surface area contributed by atoms with Crippen LogP contribution in [0.4, 0.5) is 10.1 Å². The van der Waals surface area contributed by atoms with E-state index in [0.717, 1.165) is 0 Å². The van der Waals surface area contributed by atoms with Crippen molar-refractivity contribution in [3.63, 3.8) is 0 Å². The van der Waals surface area contributed by atoms with Gasteiger partial charge in [-0.15, -0.1) is 0 Å². The number of rotatable bonds is 6. The SMILES string of the molecule is CCOc1ccc(NC(=O)c2cc(C)nc3cc(F)ccc23)cc1OCC. The molecular formula is C21H21FN2O3. The Morgan fingerprint density at radius 1 is 1.04 bits per heavy atom. The molecule has 0 aliphatic carbocycles. The molecule has 0 atom stereocenters. The van der Waals surface area contributed by atoms with Crippen molar-refractivity contribution < 1.29 is 18.7 Å². The summed E-state index contributed by atoms with van der Waals surface area (Å²) in [7, 11) is 0. The van der Waals surface area contributed by atoms with Crippen LogP contribution in [-0.2, 0) is 0 Å². The summed E-state index contributed by atoms with van der Waals surface area (Å²) in [5.74, 6) is 0.497. The minimum Gasteiger partial charge on any atom is -0.490 e. The van der Waals surface area contributed by atoms with E-state index in [1.807, 2.05) is 13.8 Å². The van der Waals surface area contributed by atoms with Crippen LogP contribution in [0.25, 0.3) is 10.9 Å². The van der Waals surface area contributed by atoms with Gasteiger partial charge < -0.3 is 14.8 Å². The Balaban J connectivity index is 1.94. The highest BCUT2D eigenvalue weighted by molar-refractivity contribution is 6.12. The summed E-state index contributed by atoms with van der Waals surface area (Å²) in [4.78, 5) is 17.1. The highest BCUT2D eigenvalue weighted by Gasteiger charge is 2.14. The summed E-state index contributed by atoms with van der Waals surface area (Å²) in [6.07, 6.45) is 0. The molecule has 27 heavy (non-hydrogen) atoms. The highest BCUT2D eigenvalue weighted by atomic mass is 19.1. The molecule has 1 N–H and O–H groups in total. The van der Waals surface area contributed by atoms with E-state index in [4.69, 9.17) is 9.47 Å². The van der Waals surface area contributed by atoms with E-state index in [1.54, 1.807) is 37.3 Å². The molecule has 3 rings (SSSR count). The molecule has 6 heteroatoms. The standard InChI is InChI=1S/C21H21FN2O3/c1-4-26-19-9-7-15(12-20(19)27-5-2)24-21(25)17-10-13(3)23-18-11-14(22)6-8-16(17)18/h6-12H,4-5H2,1-3H3,(H,24,25). The molecule has 0 unspecified atom stereocenters. The molecule has 1 aromatic heterocycles. The van der Waals surface area contributed by atoms with Crippen LogP contribution in [0.5, 0.6) is 11.5 Å². The van der Waals surface area contributed by atoms with Gasteiger partial charge in [-0.25, -0.2) is 4.39 Å². The Bertz CT molecular complexity index is 983. The lowest BCUT2D eigenvalue weighted by molar-refractivity contribution is 0.102. The lowest BCUT2D eigenvalue weighted by Crippen LogP contribution is -2.13. The summed E-state index contributed by atoms with van der Waals surface area (Å²) < 4.78 is 24.6. The van der Waals surface area contributed by atoms with E-state index in [-0.39, 0.29) is 11.7 Å². The number of carbonyl (C=O) groups excluding carboxylic acids is 1. The molecule has 0 spiro atoms. The molecule has 5 nitrogen and oxygen atoms in total. The van der Waals surface area contributed by atoms with Crippen LogP contribution in [0, 0.1) is 12.7 Å². The number of anilines is 1. The van der Waals surface area contributed by atoms with E-state index in [0.29, 0.717) is 52.6 Å². The van der Waals surface area contributed by atoms with Gasteiger partial charge in [0.2, 0.25) is 0 Å². The number of aromatic nitrogens is 1. The number of pyridine rings is 1. The number of nitrogens with zero attached hydrogens (tertiary/aromatic N) is 1. The minimum atomic E-state index is -0.389. The van der Waals surface area contributed by atoms with Crippen LogP contribution in [0.3, 0.4) is 0 Å². The smallest absolute Gasteiger partial charge is 0.256 e. The average Bonchev–Trinajstić information content (AvgIpc) is 2.63. The molecule has 0 saturated heterocycles. The quantitative estimate of drug-likeness (QED) is 0.683. The third-order valence-electron chi connectivity index (χ3n) is 3.95. The van der Waals surface area contributed by atoms with Gasteiger partial charge in [0.05, 0.1) is 24.3 Å². The zero-order chi connectivity index (χ0) is 19.4. The Morgan fingerprint density at radius 3 is 2.52 bits per heavy atom. The van der Waals surface area contributed by atoms with Crippen molar-refractivity contribution in [2.45, 2.75) is 20.8 Å². The molecule has 0 saturated carbocycles. The maximum absolute atomic E-state index is 13.5. The summed E-state index contributed by atoms with van der Waals surface area (Å²) in [5, 5.41) is 3.46. The summed E-state index contributed by atoms with van der Waals surface area (Å²) in [5.41, 5.74) is 2.10. The Labute approximate surface area is 157 Å². The van der Waals surface area contributed by atoms with Crippen LogP contribution in [0.2, 0.25) is 0 Å². The first-order valence-corrected chi connectivity index (χ1v) is 8.79. The predicted molar refractivity (Wildman–Crippen MR) is 103 cm³/mol. The number of amides is 1. The third-order valence-corrected chi connectivity index (χ3v) is 3.95. The second-order valence-corrected chi connectivity index (χ2v) is 5.95. The van der Waals surface area contributed by atoms with Gasteiger partial charge in [-0.3, -0.25) is 9.78 Å². The van der Waals surface area contributed by atoms with Crippen LogP contribution in [0.1, 0.15) is 29.9 Å². The number of halogens is 1. The van der Waals surface area contributed by atoms with Gasteiger partial charge in [-0.1, -0.05) is 0 Å². The number of hydrogen-bond acceptors (Lipinski definition) is 4. The Kier molecular flexibility index (Phi) is 5.54. The zero-order valence-corrected chi connectivity index (χ0v) is 15.5. The van der Waals surface area contributed by atoms with Crippen LogP contribution in [0.15, 0.2) is 42.5 Å². The molecular weight excluding hydrogens is 347 g/mol. The lowest BCUT2D eigenvalue weighted by atomic mass is 10.1. The third kappa shape index (κ3) is 4.16. The number of aryl methyl sites for hydroxylation is 1. The number of benzene rings is 2. The average molecular weight is 368 g/mol. The van der Waals surface area contributed by atoms with Gasteiger partial charge in [-0.2, -0.15) is 0 Å². The summed E-state index contributed by atoms with van der Waals surface area (Å²) in [6.45, 7) is 6.55. The van der Waals surface area contributed by atoms with Crippen LogP contribution in [-0.4, -0.2) is 24.1 Å². The van der Waals surface area contributed by atoms with Crippen molar-refractivity contribution in [1.82, 2.24) is 4.98 Å². The highest BCUT2D eigenvalue weighted by Crippen LogP contribution is 2.31. The maximum atomic E-state index is 13.5. The van der Waals surface area contributed by atoms with Gasteiger partial charge in [0.25, 0.3) is 5.91 Å². The monoisotopic (exact) mass is 368 g/mol. The largest absolute Gasteiger partial charge is 0.490 e. The molecule has 0 bridgehead atoms. The molecule has 1 amide bonds. The maximum Gasteiger partial charge on any atom is 0.256 e. The van der Waals surface area contributed by atoms with Crippen molar-refractivity contribution in [3.05, 3.63) is 59.5 Å². The van der Waals surface area contributed by atoms with E-state index in [1.165, 1.54) is 12.1 Å². The first-order chi connectivity index (χ1) is 13.0. The fraction of sp³-hybridized carbons (Fsp3) is 0.238.